The van der Waals surface area contributed by atoms with Crippen LogP contribution in [0.25, 0.3) is 0 Å². The van der Waals surface area contributed by atoms with Crippen molar-refractivity contribution >= 4 is 11.4 Å². The van der Waals surface area contributed by atoms with E-state index in [0.717, 1.165) is 5.69 Å². The van der Waals surface area contributed by atoms with E-state index in [1.165, 1.54) is 50.0 Å². The van der Waals surface area contributed by atoms with Crippen molar-refractivity contribution in [3.8, 4) is 0 Å². The number of nitrogens with zero attached hydrogens (tertiary/aromatic N) is 1. The Bertz CT molecular complexity index is 398. The molecule has 100 valence electrons. The largest absolute Gasteiger partial charge is 0.399 e. The molecule has 0 spiro atoms. The van der Waals surface area contributed by atoms with Crippen molar-refractivity contribution in [3.63, 3.8) is 0 Å². The van der Waals surface area contributed by atoms with Crippen molar-refractivity contribution in [1.82, 2.24) is 0 Å². The molecule has 0 radical (unpaired) electrons. The lowest BCUT2D eigenvalue weighted by Crippen LogP contribution is -2.39. The Morgan fingerprint density at radius 3 is 2.33 bits per heavy atom. The fraction of sp³-hybridized carbons (Fsp3) is 0.625. The quantitative estimate of drug-likeness (QED) is 0.817. The van der Waals surface area contributed by atoms with Gasteiger partial charge in [0.2, 0.25) is 0 Å². The molecule has 0 bridgehead atoms. The third-order valence-electron chi connectivity index (χ3n) is 4.90. The van der Waals surface area contributed by atoms with Crippen LogP contribution in [0, 0.1) is 12.3 Å². The summed E-state index contributed by atoms with van der Waals surface area (Å²) in [4.78, 5) is 2.51. The summed E-state index contributed by atoms with van der Waals surface area (Å²) < 4.78 is 0. The normalized spacial score (nSPS) is 18.9. The van der Waals surface area contributed by atoms with Gasteiger partial charge in [0, 0.05) is 24.5 Å². The first-order chi connectivity index (χ1) is 8.60. The minimum absolute atomic E-state index is 0.588. The zero-order valence-corrected chi connectivity index (χ0v) is 12.0. The lowest BCUT2D eigenvalue weighted by Gasteiger charge is -2.42. The molecule has 0 aliphatic carbocycles. The highest BCUT2D eigenvalue weighted by Crippen LogP contribution is 2.39. The van der Waals surface area contributed by atoms with Gasteiger partial charge in [0.15, 0.2) is 0 Å². The molecule has 18 heavy (non-hydrogen) atoms. The van der Waals surface area contributed by atoms with Crippen LogP contribution in [0.1, 0.15) is 45.1 Å². The molecule has 1 saturated heterocycles. The van der Waals surface area contributed by atoms with Crippen LogP contribution < -0.4 is 10.6 Å². The van der Waals surface area contributed by atoms with Crippen molar-refractivity contribution in [2.24, 2.45) is 5.41 Å². The predicted molar refractivity (Wildman–Crippen MR) is 80.1 cm³/mol. The van der Waals surface area contributed by atoms with Gasteiger partial charge in [-0.2, -0.15) is 0 Å². The Hall–Kier alpha value is -1.18. The summed E-state index contributed by atoms with van der Waals surface area (Å²) in [5.41, 5.74) is 10.0. The summed E-state index contributed by atoms with van der Waals surface area (Å²) in [7, 11) is 0. The van der Waals surface area contributed by atoms with Gasteiger partial charge in [-0.1, -0.05) is 32.8 Å². The number of anilines is 2. The van der Waals surface area contributed by atoms with Crippen LogP contribution in [0.15, 0.2) is 18.2 Å². The van der Waals surface area contributed by atoms with Gasteiger partial charge in [-0.25, -0.2) is 0 Å². The number of piperidine rings is 1. The summed E-state index contributed by atoms with van der Waals surface area (Å²) >= 11 is 0. The van der Waals surface area contributed by atoms with Gasteiger partial charge >= 0.3 is 0 Å². The van der Waals surface area contributed by atoms with Crippen LogP contribution in [0.2, 0.25) is 0 Å². The van der Waals surface area contributed by atoms with Crippen molar-refractivity contribution in [3.05, 3.63) is 23.8 Å². The Morgan fingerprint density at radius 1 is 1.17 bits per heavy atom. The maximum Gasteiger partial charge on any atom is 0.0416 e. The first-order valence-electron chi connectivity index (χ1n) is 7.21. The van der Waals surface area contributed by atoms with Gasteiger partial charge in [0.1, 0.15) is 0 Å². The molecular weight excluding hydrogens is 220 g/mol. The zero-order valence-electron chi connectivity index (χ0n) is 12.0. The van der Waals surface area contributed by atoms with Crippen LogP contribution in [0.3, 0.4) is 0 Å². The molecule has 1 aromatic rings. The smallest absolute Gasteiger partial charge is 0.0416 e. The van der Waals surface area contributed by atoms with Crippen LogP contribution in [-0.2, 0) is 0 Å². The lowest BCUT2D eigenvalue weighted by molar-refractivity contribution is 0.199. The number of rotatable bonds is 3. The minimum Gasteiger partial charge on any atom is -0.399 e. The van der Waals surface area contributed by atoms with E-state index in [1.54, 1.807) is 0 Å². The molecule has 1 heterocycles. The fourth-order valence-corrected chi connectivity index (χ4v) is 3.15. The van der Waals surface area contributed by atoms with Crippen LogP contribution in [0.5, 0.6) is 0 Å². The van der Waals surface area contributed by atoms with Crippen molar-refractivity contribution < 1.29 is 0 Å². The topological polar surface area (TPSA) is 29.3 Å². The number of nitrogen functional groups attached to an aromatic ring is 1. The summed E-state index contributed by atoms with van der Waals surface area (Å²) in [5, 5.41) is 0. The SMILES string of the molecule is CCC1(CC)CCN(c2cc(N)ccc2C)CC1. The second kappa shape index (κ2) is 5.21. The van der Waals surface area contributed by atoms with E-state index in [0.29, 0.717) is 5.41 Å². The third-order valence-corrected chi connectivity index (χ3v) is 4.90. The summed E-state index contributed by atoms with van der Waals surface area (Å²) in [5.74, 6) is 0. The molecule has 1 fully saturated rings. The van der Waals surface area contributed by atoms with E-state index in [1.807, 2.05) is 6.07 Å². The summed E-state index contributed by atoms with van der Waals surface area (Å²) in [6.45, 7) is 9.20. The predicted octanol–water partition coefficient (Wildman–Crippen LogP) is 3.98. The molecule has 0 atom stereocenters. The highest BCUT2D eigenvalue weighted by Gasteiger charge is 2.31. The van der Waals surface area contributed by atoms with E-state index in [-0.39, 0.29) is 0 Å². The third kappa shape index (κ3) is 2.47. The van der Waals surface area contributed by atoms with Gasteiger partial charge in [-0.3, -0.25) is 0 Å². The molecule has 1 aliphatic rings. The van der Waals surface area contributed by atoms with Gasteiger partial charge in [0.25, 0.3) is 0 Å². The van der Waals surface area contributed by atoms with Crippen LogP contribution in [-0.4, -0.2) is 13.1 Å². The Morgan fingerprint density at radius 2 is 1.78 bits per heavy atom. The Balaban J connectivity index is 2.12. The number of aryl methyl sites for hydroxylation is 1. The number of benzene rings is 1. The summed E-state index contributed by atoms with van der Waals surface area (Å²) in [6, 6.07) is 6.25. The molecule has 2 nitrogen and oxygen atoms in total. The second-order valence-corrected chi connectivity index (χ2v) is 5.74. The standard InChI is InChI=1S/C16H26N2/c1-4-16(5-2)8-10-18(11-9-16)15-12-14(17)7-6-13(15)3/h6-7,12H,4-5,8-11,17H2,1-3H3. The molecule has 2 N–H and O–H groups in total. The van der Waals surface area contributed by atoms with E-state index in [4.69, 9.17) is 5.73 Å². The molecular formula is C16H26N2. The maximum absolute atomic E-state index is 5.91. The minimum atomic E-state index is 0.588. The van der Waals surface area contributed by atoms with E-state index in [2.05, 4.69) is 37.8 Å². The van der Waals surface area contributed by atoms with Gasteiger partial charge in [0.05, 0.1) is 0 Å². The first-order valence-corrected chi connectivity index (χ1v) is 7.21. The molecule has 0 amide bonds. The first kappa shape index (κ1) is 13.3. The molecule has 0 aromatic heterocycles. The van der Waals surface area contributed by atoms with Gasteiger partial charge in [-0.05, 0) is 42.9 Å². The molecule has 1 aliphatic heterocycles. The average Bonchev–Trinajstić information content (AvgIpc) is 2.42. The van der Waals surface area contributed by atoms with E-state index >= 15 is 0 Å². The van der Waals surface area contributed by atoms with Gasteiger partial charge < -0.3 is 10.6 Å². The van der Waals surface area contributed by atoms with Crippen LogP contribution >= 0.6 is 0 Å². The molecule has 1 aromatic carbocycles. The maximum atomic E-state index is 5.91. The lowest BCUT2D eigenvalue weighted by atomic mass is 9.74. The number of hydrogen-bond donors (Lipinski definition) is 1. The zero-order chi connectivity index (χ0) is 13.2. The number of hydrogen-bond acceptors (Lipinski definition) is 2. The Kier molecular flexibility index (Phi) is 3.84. The Labute approximate surface area is 111 Å². The van der Waals surface area contributed by atoms with Crippen molar-refractivity contribution in [1.29, 1.82) is 0 Å². The van der Waals surface area contributed by atoms with Crippen molar-refractivity contribution in [2.75, 3.05) is 23.7 Å². The number of nitrogens with two attached hydrogens (primary N) is 1. The highest BCUT2D eigenvalue weighted by molar-refractivity contribution is 5.61. The molecule has 2 rings (SSSR count). The van der Waals surface area contributed by atoms with E-state index in [9.17, 15) is 0 Å². The highest BCUT2D eigenvalue weighted by atomic mass is 15.1. The molecule has 0 unspecified atom stereocenters. The van der Waals surface area contributed by atoms with Crippen LogP contribution in [0.4, 0.5) is 11.4 Å². The second-order valence-electron chi connectivity index (χ2n) is 5.74. The van der Waals surface area contributed by atoms with Crippen molar-refractivity contribution in [2.45, 2.75) is 46.5 Å². The molecule has 0 saturated carbocycles. The van der Waals surface area contributed by atoms with Gasteiger partial charge in [-0.15, -0.1) is 0 Å². The van der Waals surface area contributed by atoms with E-state index < -0.39 is 0 Å². The fourth-order valence-electron chi connectivity index (χ4n) is 3.15. The molecule has 2 heteroatoms. The summed E-state index contributed by atoms with van der Waals surface area (Å²) in [6.07, 6.45) is 5.25. The average molecular weight is 246 g/mol. The monoisotopic (exact) mass is 246 g/mol.